The fourth-order valence-corrected chi connectivity index (χ4v) is 2.68. The van der Waals surface area contributed by atoms with Crippen LogP contribution in [0.2, 0.25) is 0 Å². The van der Waals surface area contributed by atoms with Gasteiger partial charge in [0, 0.05) is 6.20 Å². The standard InChI is InChI=1S/C11H11NO3S.C2H6/c1-6-8-7(14-2)4-5-12-10(8)16-9(6)11(13)15-3;1-2/h4-5H,1-3H3;1-2H3. The van der Waals surface area contributed by atoms with E-state index in [1.807, 2.05) is 20.8 Å². The minimum atomic E-state index is -0.331. The first-order valence-corrected chi connectivity index (χ1v) is 6.51. The van der Waals surface area contributed by atoms with Gasteiger partial charge in [0.05, 0.1) is 19.6 Å². The number of thiophene rings is 1. The maximum absolute atomic E-state index is 11.5. The minimum absolute atomic E-state index is 0.331. The smallest absolute Gasteiger partial charge is 0.348 e. The van der Waals surface area contributed by atoms with E-state index in [2.05, 4.69) is 4.98 Å². The van der Waals surface area contributed by atoms with Crippen LogP contribution in [0.5, 0.6) is 5.75 Å². The number of aromatic nitrogens is 1. The molecule has 0 aromatic carbocycles. The topological polar surface area (TPSA) is 48.4 Å². The van der Waals surface area contributed by atoms with Crippen molar-refractivity contribution < 1.29 is 14.3 Å². The number of fused-ring (bicyclic) bond motifs is 1. The van der Waals surface area contributed by atoms with Crippen LogP contribution in [0.25, 0.3) is 10.2 Å². The van der Waals surface area contributed by atoms with Gasteiger partial charge in [-0.15, -0.1) is 11.3 Å². The number of ether oxygens (including phenoxy) is 2. The molecule has 5 heteroatoms. The average Bonchev–Trinajstić information content (AvgIpc) is 2.77. The highest BCUT2D eigenvalue weighted by Crippen LogP contribution is 2.35. The van der Waals surface area contributed by atoms with Crippen LogP contribution in [0, 0.1) is 6.92 Å². The van der Waals surface area contributed by atoms with Crippen LogP contribution in [0.4, 0.5) is 0 Å². The van der Waals surface area contributed by atoms with Crippen LogP contribution in [0.15, 0.2) is 12.3 Å². The fraction of sp³-hybridized carbons (Fsp3) is 0.385. The molecule has 0 fully saturated rings. The average molecular weight is 267 g/mol. The lowest BCUT2D eigenvalue weighted by Gasteiger charge is -2.01. The number of hydrogen-bond acceptors (Lipinski definition) is 5. The quantitative estimate of drug-likeness (QED) is 0.782. The molecule has 0 bridgehead atoms. The number of methoxy groups -OCH3 is 2. The molecule has 2 heterocycles. The van der Waals surface area contributed by atoms with Gasteiger partial charge in [0.1, 0.15) is 15.5 Å². The Morgan fingerprint density at radius 1 is 1.33 bits per heavy atom. The summed E-state index contributed by atoms with van der Waals surface area (Å²) < 4.78 is 9.97. The Bertz CT molecular complexity index is 548. The lowest BCUT2D eigenvalue weighted by atomic mass is 10.2. The zero-order valence-electron chi connectivity index (χ0n) is 11.2. The number of hydrogen-bond donors (Lipinski definition) is 0. The third-order valence-corrected chi connectivity index (χ3v) is 3.56. The van der Waals surface area contributed by atoms with E-state index >= 15 is 0 Å². The molecule has 2 aromatic rings. The van der Waals surface area contributed by atoms with E-state index < -0.39 is 0 Å². The van der Waals surface area contributed by atoms with Crippen LogP contribution in [-0.4, -0.2) is 25.2 Å². The molecule has 98 valence electrons. The predicted molar refractivity (Wildman–Crippen MR) is 73.6 cm³/mol. The van der Waals surface area contributed by atoms with Gasteiger partial charge in [-0.05, 0) is 18.6 Å². The molecule has 2 aromatic heterocycles. The Kier molecular flexibility index (Phi) is 5.09. The van der Waals surface area contributed by atoms with Crippen molar-refractivity contribution in [1.82, 2.24) is 4.98 Å². The van der Waals surface area contributed by atoms with Gasteiger partial charge in [-0.2, -0.15) is 0 Å². The van der Waals surface area contributed by atoms with E-state index in [0.717, 1.165) is 21.5 Å². The first kappa shape index (κ1) is 14.4. The largest absolute Gasteiger partial charge is 0.496 e. The number of nitrogens with zero attached hydrogens (tertiary/aromatic N) is 1. The Morgan fingerprint density at radius 3 is 2.56 bits per heavy atom. The van der Waals surface area contributed by atoms with Gasteiger partial charge in [-0.25, -0.2) is 9.78 Å². The van der Waals surface area contributed by atoms with Crippen molar-refractivity contribution in [2.75, 3.05) is 14.2 Å². The van der Waals surface area contributed by atoms with Crippen LogP contribution in [0.3, 0.4) is 0 Å². The first-order chi connectivity index (χ1) is 8.69. The van der Waals surface area contributed by atoms with Crippen molar-refractivity contribution in [1.29, 1.82) is 0 Å². The lowest BCUT2D eigenvalue weighted by Crippen LogP contribution is -1.99. The molecule has 0 saturated carbocycles. The third kappa shape index (κ3) is 2.46. The molecule has 0 amide bonds. The van der Waals surface area contributed by atoms with Gasteiger partial charge >= 0.3 is 5.97 Å². The Hall–Kier alpha value is -1.62. The molecule has 0 saturated heterocycles. The van der Waals surface area contributed by atoms with Crippen molar-refractivity contribution in [3.05, 3.63) is 22.7 Å². The Labute approximate surface area is 111 Å². The molecule has 0 radical (unpaired) electrons. The highest BCUT2D eigenvalue weighted by atomic mass is 32.1. The molecule has 0 unspecified atom stereocenters. The summed E-state index contributed by atoms with van der Waals surface area (Å²) in [6, 6.07) is 1.78. The van der Waals surface area contributed by atoms with Crippen LogP contribution in [-0.2, 0) is 4.74 Å². The first-order valence-electron chi connectivity index (χ1n) is 5.69. The van der Waals surface area contributed by atoms with Crippen molar-refractivity contribution in [2.24, 2.45) is 0 Å². The molecular weight excluding hydrogens is 250 g/mol. The highest BCUT2D eigenvalue weighted by molar-refractivity contribution is 7.20. The Morgan fingerprint density at radius 2 is 2.00 bits per heavy atom. The van der Waals surface area contributed by atoms with Gasteiger partial charge in [-0.3, -0.25) is 0 Å². The summed E-state index contributed by atoms with van der Waals surface area (Å²) >= 11 is 1.32. The van der Waals surface area contributed by atoms with E-state index in [-0.39, 0.29) is 5.97 Å². The second-order valence-corrected chi connectivity index (χ2v) is 4.24. The number of aryl methyl sites for hydroxylation is 1. The molecule has 0 N–H and O–H groups in total. The molecule has 0 aliphatic carbocycles. The zero-order valence-corrected chi connectivity index (χ0v) is 12.1. The van der Waals surface area contributed by atoms with Gasteiger partial charge in [0.25, 0.3) is 0 Å². The van der Waals surface area contributed by atoms with Gasteiger partial charge in [0.2, 0.25) is 0 Å². The predicted octanol–water partition coefficient (Wildman–Crippen LogP) is 3.43. The SMILES string of the molecule is CC.COC(=O)c1sc2nccc(OC)c2c1C. The molecule has 2 rings (SSSR count). The highest BCUT2D eigenvalue weighted by Gasteiger charge is 2.18. The lowest BCUT2D eigenvalue weighted by molar-refractivity contribution is 0.0605. The number of carbonyl (C=O) groups is 1. The van der Waals surface area contributed by atoms with Crippen molar-refractivity contribution >= 4 is 27.5 Å². The molecule has 0 aliphatic heterocycles. The Balaban J connectivity index is 0.000000771. The normalized spacial score (nSPS) is 9.61. The van der Waals surface area contributed by atoms with Crippen molar-refractivity contribution in [3.63, 3.8) is 0 Å². The van der Waals surface area contributed by atoms with Crippen LogP contribution < -0.4 is 4.74 Å². The number of esters is 1. The van der Waals surface area contributed by atoms with Crippen LogP contribution >= 0.6 is 11.3 Å². The summed E-state index contributed by atoms with van der Waals surface area (Å²) in [4.78, 5) is 17.1. The molecular formula is C13H17NO3S. The molecule has 0 aliphatic rings. The minimum Gasteiger partial charge on any atom is -0.496 e. The maximum Gasteiger partial charge on any atom is 0.348 e. The van der Waals surface area contributed by atoms with Crippen LogP contribution in [0.1, 0.15) is 29.1 Å². The van der Waals surface area contributed by atoms with Crippen molar-refractivity contribution in [2.45, 2.75) is 20.8 Å². The number of rotatable bonds is 2. The second-order valence-electron chi connectivity index (χ2n) is 3.24. The van der Waals surface area contributed by atoms with Crippen molar-refractivity contribution in [3.8, 4) is 5.75 Å². The summed E-state index contributed by atoms with van der Waals surface area (Å²) in [5.41, 5.74) is 0.858. The van der Waals surface area contributed by atoms with Gasteiger partial charge < -0.3 is 9.47 Å². The summed E-state index contributed by atoms with van der Waals surface area (Å²) in [6.45, 7) is 5.87. The fourth-order valence-electron chi connectivity index (χ4n) is 1.59. The summed E-state index contributed by atoms with van der Waals surface area (Å²) in [5, 5.41) is 0.885. The monoisotopic (exact) mass is 267 g/mol. The molecule has 0 atom stereocenters. The van der Waals surface area contributed by atoms with Gasteiger partial charge in [0.15, 0.2) is 0 Å². The van der Waals surface area contributed by atoms with Gasteiger partial charge in [-0.1, -0.05) is 13.8 Å². The summed E-state index contributed by atoms with van der Waals surface area (Å²) in [6.07, 6.45) is 1.66. The molecule has 0 spiro atoms. The number of pyridine rings is 1. The second kappa shape index (κ2) is 6.35. The van der Waals surface area contributed by atoms with E-state index in [1.165, 1.54) is 18.4 Å². The molecule has 18 heavy (non-hydrogen) atoms. The van der Waals surface area contributed by atoms with E-state index in [0.29, 0.717) is 4.88 Å². The summed E-state index contributed by atoms with van der Waals surface area (Å²) in [5.74, 6) is 0.399. The summed E-state index contributed by atoms with van der Waals surface area (Å²) in [7, 11) is 2.97. The number of carbonyl (C=O) groups excluding carboxylic acids is 1. The van der Waals surface area contributed by atoms with E-state index in [9.17, 15) is 4.79 Å². The third-order valence-electron chi connectivity index (χ3n) is 2.38. The molecule has 4 nitrogen and oxygen atoms in total. The zero-order chi connectivity index (χ0) is 13.7. The van der Waals surface area contributed by atoms with E-state index in [4.69, 9.17) is 9.47 Å². The maximum atomic E-state index is 11.5. The van der Waals surface area contributed by atoms with E-state index in [1.54, 1.807) is 19.4 Å².